The third kappa shape index (κ3) is 4.09. The Morgan fingerprint density at radius 1 is 1.24 bits per heavy atom. The van der Waals surface area contributed by atoms with Gasteiger partial charge in [-0.3, -0.25) is 4.90 Å². The van der Waals surface area contributed by atoms with E-state index in [-0.39, 0.29) is 0 Å². The maximum atomic E-state index is 12.5. The maximum Gasteiger partial charge on any atom is 0.282 e. The van der Waals surface area contributed by atoms with E-state index in [4.69, 9.17) is 4.52 Å². The molecular weight excluding hydrogens is 362 g/mol. The Bertz CT molecular complexity index is 763. The molecule has 3 heterocycles. The first-order chi connectivity index (χ1) is 12.0. The van der Waals surface area contributed by atoms with Crippen LogP contribution in [-0.2, 0) is 16.8 Å². The lowest BCUT2D eigenvalue weighted by atomic mass is 10.3. The van der Waals surface area contributed by atoms with Crippen LogP contribution in [0.5, 0.6) is 0 Å². The van der Waals surface area contributed by atoms with Crippen LogP contribution >= 0.6 is 11.3 Å². The van der Waals surface area contributed by atoms with E-state index < -0.39 is 10.2 Å². The lowest BCUT2D eigenvalue weighted by molar-refractivity contribution is 0.158. The molecule has 1 fully saturated rings. The topological polar surface area (TPSA) is 82.8 Å². The minimum Gasteiger partial charge on any atom is -0.338 e. The molecule has 0 atom stereocenters. The van der Waals surface area contributed by atoms with E-state index in [0.717, 1.165) is 4.88 Å². The summed E-state index contributed by atoms with van der Waals surface area (Å²) in [6.07, 6.45) is 0. The molecule has 0 aromatic carbocycles. The van der Waals surface area contributed by atoms with Crippen molar-refractivity contribution in [2.24, 2.45) is 0 Å². The van der Waals surface area contributed by atoms with Gasteiger partial charge in [0.15, 0.2) is 0 Å². The number of aromatic nitrogens is 2. The van der Waals surface area contributed by atoms with Gasteiger partial charge in [0.05, 0.1) is 11.4 Å². The van der Waals surface area contributed by atoms with Gasteiger partial charge in [0.2, 0.25) is 11.7 Å². The molecule has 0 spiro atoms. The van der Waals surface area contributed by atoms with Crippen molar-refractivity contribution in [1.82, 2.24) is 23.7 Å². The lowest BCUT2D eigenvalue weighted by Crippen LogP contribution is -2.52. The van der Waals surface area contributed by atoms with Gasteiger partial charge >= 0.3 is 0 Å². The summed E-state index contributed by atoms with van der Waals surface area (Å²) in [4.78, 5) is 7.54. The monoisotopic (exact) mass is 385 g/mol. The molecular formula is C15H23N5O3S2. The summed E-state index contributed by atoms with van der Waals surface area (Å²) >= 11 is 1.57. The number of hydrogen-bond acceptors (Lipinski definition) is 7. The van der Waals surface area contributed by atoms with E-state index in [1.165, 1.54) is 4.31 Å². The Hall–Kier alpha value is -1.33. The van der Waals surface area contributed by atoms with Gasteiger partial charge in [-0.05, 0) is 11.4 Å². The van der Waals surface area contributed by atoms with Crippen LogP contribution in [0.25, 0.3) is 10.7 Å². The van der Waals surface area contributed by atoms with Gasteiger partial charge in [-0.1, -0.05) is 25.1 Å². The summed E-state index contributed by atoms with van der Waals surface area (Å²) < 4.78 is 33.5. The average Bonchev–Trinajstić information content (AvgIpc) is 3.27. The zero-order chi connectivity index (χ0) is 17.9. The second-order valence-corrected chi connectivity index (χ2v) is 8.63. The zero-order valence-electron chi connectivity index (χ0n) is 14.5. The minimum atomic E-state index is -3.36. The van der Waals surface area contributed by atoms with Crippen LogP contribution in [0.2, 0.25) is 0 Å². The fourth-order valence-electron chi connectivity index (χ4n) is 2.85. The average molecular weight is 386 g/mol. The number of nitrogens with zero attached hydrogens (tertiary/aromatic N) is 5. The molecule has 0 radical (unpaired) electrons. The molecule has 3 rings (SSSR count). The molecule has 0 bridgehead atoms. The van der Waals surface area contributed by atoms with Crippen LogP contribution in [0, 0.1) is 0 Å². The standard InChI is InChI=1S/C15H23N5O3S2/c1-3-19(4-2)25(21,22)20-9-7-18(8-10-20)12-14-16-15(17-23-14)13-6-5-11-24-13/h5-6,11H,3-4,7-10,12H2,1-2H3. The van der Waals surface area contributed by atoms with Crippen molar-refractivity contribution >= 4 is 21.5 Å². The predicted molar refractivity (Wildman–Crippen MR) is 96.3 cm³/mol. The Balaban J connectivity index is 1.56. The van der Waals surface area contributed by atoms with Crippen molar-refractivity contribution in [3.8, 4) is 10.7 Å². The molecule has 138 valence electrons. The third-order valence-electron chi connectivity index (χ3n) is 4.26. The van der Waals surface area contributed by atoms with Gasteiger partial charge in [-0.25, -0.2) is 0 Å². The summed E-state index contributed by atoms with van der Waals surface area (Å²) in [7, 11) is -3.36. The van der Waals surface area contributed by atoms with E-state index in [1.807, 2.05) is 31.4 Å². The quantitative estimate of drug-likeness (QED) is 0.718. The molecule has 1 aliphatic heterocycles. The van der Waals surface area contributed by atoms with Gasteiger partial charge in [0, 0.05) is 39.3 Å². The van der Waals surface area contributed by atoms with Crippen molar-refractivity contribution < 1.29 is 12.9 Å². The number of thiophene rings is 1. The van der Waals surface area contributed by atoms with Crippen LogP contribution in [0.1, 0.15) is 19.7 Å². The smallest absolute Gasteiger partial charge is 0.282 e. The Kier molecular flexibility index (Phi) is 5.85. The van der Waals surface area contributed by atoms with Gasteiger partial charge in [0.25, 0.3) is 10.2 Å². The zero-order valence-corrected chi connectivity index (χ0v) is 16.1. The van der Waals surface area contributed by atoms with Crippen LogP contribution in [0.4, 0.5) is 0 Å². The molecule has 1 saturated heterocycles. The highest BCUT2D eigenvalue weighted by atomic mass is 32.2. The summed E-state index contributed by atoms with van der Waals surface area (Å²) in [5.74, 6) is 1.16. The SMILES string of the molecule is CCN(CC)S(=O)(=O)N1CCN(Cc2nc(-c3cccs3)no2)CC1. The van der Waals surface area contributed by atoms with Crippen LogP contribution < -0.4 is 0 Å². The van der Waals surface area contributed by atoms with E-state index in [9.17, 15) is 8.42 Å². The van der Waals surface area contributed by atoms with E-state index in [2.05, 4.69) is 15.0 Å². The van der Waals surface area contributed by atoms with Crippen molar-refractivity contribution in [3.63, 3.8) is 0 Å². The van der Waals surface area contributed by atoms with Gasteiger partial charge in [-0.15, -0.1) is 11.3 Å². The molecule has 0 N–H and O–H groups in total. The number of hydrogen-bond donors (Lipinski definition) is 0. The summed E-state index contributed by atoms with van der Waals surface area (Å²) in [5.41, 5.74) is 0. The predicted octanol–water partition coefficient (Wildman–Crippen LogP) is 1.50. The highest BCUT2D eigenvalue weighted by Crippen LogP contribution is 2.22. The minimum absolute atomic E-state index is 0.477. The fourth-order valence-corrected chi connectivity index (χ4v) is 5.10. The molecule has 0 aliphatic carbocycles. The number of piperazine rings is 1. The first-order valence-electron chi connectivity index (χ1n) is 8.38. The van der Waals surface area contributed by atoms with Crippen LogP contribution in [-0.4, -0.2) is 71.3 Å². The highest BCUT2D eigenvalue weighted by molar-refractivity contribution is 7.86. The normalized spacial score (nSPS) is 17.4. The molecule has 10 heteroatoms. The first kappa shape index (κ1) is 18.5. The van der Waals surface area contributed by atoms with Crippen molar-refractivity contribution in [3.05, 3.63) is 23.4 Å². The Morgan fingerprint density at radius 2 is 1.96 bits per heavy atom. The molecule has 0 unspecified atom stereocenters. The van der Waals surface area contributed by atoms with Crippen LogP contribution in [0.3, 0.4) is 0 Å². The van der Waals surface area contributed by atoms with Gasteiger partial charge in [-0.2, -0.15) is 22.0 Å². The van der Waals surface area contributed by atoms with Crippen LogP contribution in [0.15, 0.2) is 22.0 Å². The molecule has 25 heavy (non-hydrogen) atoms. The van der Waals surface area contributed by atoms with Crippen molar-refractivity contribution in [1.29, 1.82) is 0 Å². The molecule has 2 aromatic heterocycles. The van der Waals surface area contributed by atoms with E-state index in [0.29, 0.717) is 57.5 Å². The van der Waals surface area contributed by atoms with Gasteiger partial charge in [0.1, 0.15) is 0 Å². The second kappa shape index (κ2) is 7.92. The Labute approximate surface area is 152 Å². The van der Waals surface area contributed by atoms with Gasteiger partial charge < -0.3 is 4.52 Å². The van der Waals surface area contributed by atoms with Crippen molar-refractivity contribution in [2.45, 2.75) is 20.4 Å². The summed E-state index contributed by atoms with van der Waals surface area (Å²) in [6.45, 7) is 7.50. The second-order valence-electron chi connectivity index (χ2n) is 5.76. The lowest BCUT2D eigenvalue weighted by Gasteiger charge is -2.35. The first-order valence-corrected chi connectivity index (χ1v) is 10.7. The van der Waals surface area contributed by atoms with E-state index >= 15 is 0 Å². The molecule has 8 nitrogen and oxygen atoms in total. The van der Waals surface area contributed by atoms with E-state index in [1.54, 1.807) is 15.6 Å². The number of rotatable bonds is 7. The molecule has 0 saturated carbocycles. The fraction of sp³-hybridized carbons (Fsp3) is 0.600. The van der Waals surface area contributed by atoms with Crippen molar-refractivity contribution in [2.75, 3.05) is 39.3 Å². The maximum absolute atomic E-state index is 12.5. The molecule has 1 aliphatic rings. The third-order valence-corrected chi connectivity index (χ3v) is 7.31. The molecule has 0 amide bonds. The summed E-state index contributed by atoms with van der Waals surface area (Å²) in [6, 6.07) is 3.90. The Morgan fingerprint density at radius 3 is 2.56 bits per heavy atom. The molecule has 2 aromatic rings. The largest absolute Gasteiger partial charge is 0.338 e. The summed E-state index contributed by atoms with van der Waals surface area (Å²) in [5, 5.41) is 5.98. The highest BCUT2D eigenvalue weighted by Gasteiger charge is 2.31.